The summed E-state index contributed by atoms with van der Waals surface area (Å²) in [5.74, 6) is 0.537. The molecule has 0 bridgehead atoms. The zero-order chi connectivity index (χ0) is 14.1. The summed E-state index contributed by atoms with van der Waals surface area (Å²) >= 11 is 0. The van der Waals surface area contributed by atoms with Gasteiger partial charge in [-0.05, 0) is 5.92 Å². The van der Waals surface area contributed by atoms with E-state index in [0.29, 0.717) is 12.3 Å². The zero-order valence-electron chi connectivity index (χ0n) is 12.9. The maximum absolute atomic E-state index is 7.99. The minimum absolute atomic E-state index is 0.537. The molecule has 17 heavy (non-hydrogen) atoms. The number of hydrogen-bond donors (Lipinski definition) is 0. The van der Waals surface area contributed by atoms with Gasteiger partial charge >= 0.3 is 58.0 Å². The van der Waals surface area contributed by atoms with Crippen LogP contribution in [0, 0.1) is 17.2 Å². The standard InChI is InChI=1S/C8H15B.C5H9N.C2H6/c1-4-5-6-7-8(2)9-3;1-5(2)3-4-6;1-2/h4-5H,6-7H2,1-3H3;5H,3H2,1-2H3;1-2H3/b5-4+;;. The van der Waals surface area contributed by atoms with Gasteiger partial charge in [0.25, 0.3) is 0 Å². The third-order valence-electron chi connectivity index (χ3n) is 1.93. The Kier molecular flexibility index (Phi) is 25.9. The summed E-state index contributed by atoms with van der Waals surface area (Å²) in [5, 5.41) is 7.99. The fraction of sp³-hybridized carbons (Fsp3) is 0.733. The molecule has 0 radical (unpaired) electrons. The topological polar surface area (TPSA) is 23.8 Å². The first kappa shape index (κ1) is 21.4. The molecule has 0 heterocycles. The van der Waals surface area contributed by atoms with E-state index < -0.39 is 0 Å². The zero-order valence-corrected chi connectivity index (χ0v) is 12.9. The van der Waals surface area contributed by atoms with Gasteiger partial charge in [0.15, 0.2) is 0 Å². The van der Waals surface area contributed by atoms with Crippen molar-refractivity contribution in [2.75, 3.05) is 0 Å². The van der Waals surface area contributed by atoms with Crippen LogP contribution in [0.4, 0.5) is 0 Å². The largest absolute Gasteiger partial charge is 0.198 e. The molecule has 0 saturated carbocycles. The van der Waals surface area contributed by atoms with Gasteiger partial charge in [-0.15, -0.1) is 0 Å². The van der Waals surface area contributed by atoms with Crippen LogP contribution >= 0.6 is 0 Å². The molecule has 0 amide bonds. The molecule has 0 rings (SSSR count). The van der Waals surface area contributed by atoms with Crippen LogP contribution in [0.1, 0.15) is 60.8 Å². The van der Waals surface area contributed by atoms with E-state index >= 15 is 0 Å². The Morgan fingerprint density at radius 3 is 2.12 bits per heavy atom. The van der Waals surface area contributed by atoms with Crippen molar-refractivity contribution >= 4 is 12.4 Å². The van der Waals surface area contributed by atoms with Crippen LogP contribution in [-0.4, -0.2) is 12.4 Å². The van der Waals surface area contributed by atoms with E-state index in [4.69, 9.17) is 5.26 Å². The van der Waals surface area contributed by atoms with E-state index in [0.717, 1.165) is 0 Å². The first-order valence-electron chi connectivity index (χ1n) is 6.68. The molecule has 0 atom stereocenters. The Bertz CT molecular complexity index is 222. The molecule has 0 unspecified atom stereocenters. The minimum atomic E-state index is 0.537. The quantitative estimate of drug-likeness (QED) is 0.503. The molecular formula is C15H30BN. The van der Waals surface area contributed by atoms with E-state index in [2.05, 4.69) is 45.8 Å². The Morgan fingerprint density at radius 2 is 1.88 bits per heavy atom. The Hall–Kier alpha value is -0.835. The van der Waals surface area contributed by atoms with E-state index in [1.807, 2.05) is 27.7 Å². The Balaban J connectivity index is -0.000000213. The van der Waals surface area contributed by atoms with Crippen molar-refractivity contribution in [3.8, 4) is 6.07 Å². The average Bonchev–Trinajstić information content (AvgIpc) is 2.32. The van der Waals surface area contributed by atoms with Crippen LogP contribution in [-0.2, 0) is 0 Å². The van der Waals surface area contributed by atoms with Gasteiger partial charge in [-0.25, -0.2) is 0 Å². The van der Waals surface area contributed by atoms with Gasteiger partial charge in [0.1, 0.15) is 0 Å². The van der Waals surface area contributed by atoms with Crippen molar-refractivity contribution < 1.29 is 0 Å². The van der Waals surface area contributed by atoms with Gasteiger partial charge in [0.2, 0.25) is 0 Å². The van der Waals surface area contributed by atoms with Gasteiger partial charge in [0, 0.05) is 6.42 Å². The summed E-state index contributed by atoms with van der Waals surface area (Å²) in [5.41, 5.74) is 1.48. The second-order valence-electron chi connectivity index (χ2n) is 4.00. The number of hydrogen-bond acceptors (Lipinski definition) is 1. The fourth-order valence-corrected chi connectivity index (χ4v) is 0.805. The monoisotopic (exact) mass is 235 g/mol. The molecule has 0 spiro atoms. The smallest absolute Gasteiger partial charge is 0.0624 e. The van der Waals surface area contributed by atoms with Gasteiger partial charge in [-0.2, -0.15) is 5.26 Å². The molecule has 0 aliphatic heterocycles. The number of nitrogens with zero attached hydrogens (tertiary/aromatic N) is 1. The number of nitriles is 1. The van der Waals surface area contributed by atoms with Gasteiger partial charge < -0.3 is 0 Å². The summed E-state index contributed by atoms with van der Waals surface area (Å²) in [6.07, 6.45) is 7.38. The van der Waals surface area contributed by atoms with E-state index in [1.54, 1.807) is 0 Å². The molecule has 2 heteroatoms. The van der Waals surface area contributed by atoms with E-state index in [9.17, 15) is 0 Å². The first-order valence-corrected chi connectivity index (χ1v) is 6.68. The predicted octanol–water partition coefficient (Wildman–Crippen LogP) is 4.87. The SMILES string of the molecule is CB=C(C)CC/C=C/C.CC.CC(C)CC#N. The van der Waals surface area contributed by atoms with Crippen molar-refractivity contribution in [2.45, 2.75) is 67.6 Å². The summed E-state index contributed by atoms with van der Waals surface area (Å²) in [6, 6.07) is 2.07. The van der Waals surface area contributed by atoms with Crippen molar-refractivity contribution in [2.24, 2.45) is 5.92 Å². The normalized spacial score (nSPS) is 9.71. The summed E-state index contributed by atoms with van der Waals surface area (Å²) in [7, 11) is 0. The number of rotatable bonds is 4. The fourth-order valence-electron chi connectivity index (χ4n) is 0.805. The van der Waals surface area contributed by atoms with Crippen molar-refractivity contribution in [1.82, 2.24) is 0 Å². The van der Waals surface area contributed by atoms with Crippen molar-refractivity contribution in [3.63, 3.8) is 0 Å². The molecule has 0 aromatic rings. The van der Waals surface area contributed by atoms with Crippen LogP contribution in [0.3, 0.4) is 0 Å². The third-order valence-corrected chi connectivity index (χ3v) is 1.93. The maximum Gasteiger partial charge on any atom is 0.0624 e. The van der Waals surface area contributed by atoms with Crippen LogP contribution < -0.4 is 0 Å². The second kappa shape index (κ2) is 20.6. The van der Waals surface area contributed by atoms with Gasteiger partial charge in [0.05, 0.1) is 6.07 Å². The van der Waals surface area contributed by atoms with Crippen molar-refractivity contribution in [1.29, 1.82) is 5.26 Å². The Morgan fingerprint density at radius 1 is 1.35 bits per heavy atom. The van der Waals surface area contributed by atoms with Gasteiger partial charge in [-0.1, -0.05) is 27.7 Å². The van der Waals surface area contributed by atoms with Crippen molar-refractivity contribution in [3.05, 3.63) is 12.2 Å². The second-order valence-corrected chi connectivity index (χ2v) is 4.00. The first-order chi connectivity index (χ1) is 8.08. The van der Waals surface area contributed by atoms with Crippen LogP contribution in [0.25, 0.3) is 0 Å². The van der Waals surface area contributed by atoms with Crippen LogP contribution in [0.2, 0.25) is 6.82 Å². The Labute approximate surface area is 110 Å². The maximum atomic E-state index is 7.99. The molecule has 0 N–H and O–H groups in total. The van der Waals surface area contributed by atoms with Gasteiger partial charge in [-0.3, -0.25) is 0 Å². The summed E-state index contributed by atoms with van der Waals surface area (Å²) in [6.45, 7) is 16.6. The molecule has 0 fully saturated rings. The van der Waals surface area contributed by atoms with E-state index in [1.165, 1.54) is 18.3 Å². The van der Waals surface area contributed by atoms with E-state index in [-0.39, 0.29) is 0 Å². The molecule has 0 aliphatic rings. The molecule has 0 aromatic heterocycles. The minimum Gasteiger partial charge on any atom is -0.198 e. The molecule has 0 aromatic carbocycles. The average molecular weight is 235 g/mol. The molecular weight excluding hydrogens is 205 g/mol. The summed E-state index contributed by atoms with van der Waals surface area (Å²) in [4.78, 5) is 0. The molecule has 0 saturated heterocycles. The molecule has 98 valence electrons. The van der Waals surface area contributed by atoms with Crippen LogP contribution in [0.5, 0.6) is 0 Å². The molecule has 0 aliphatic carbocycles. The predicted molar refractivity (Wildman–Crippen MR) is 82.8 cm³/mol. The summed E-state index contributed by atoms with van der Waals surface area (Å²) < 4.78 is 0. The number of allylic oxidation sites excluding steroid dienone is 2. The third kappa shape index (κ3) is 31.3. The van der Waals surface area contributed by atoms with Crippen LogP contribution in [0.15, 0.2) is 12.2 Å². The molecule has 1 nitrogen and oxygen atoms in total.